The van der Waals surface area contributed by atoms with Crippen molar-refractivity contribution in [1.29, 1.82) is 0 Å². The van der Waals surface area contributed by atoms with Crippen LogP contribution in [0.5, 0.6) is 11.5 Å². The van der Waals surface area contributed by atoms with Crippen molar-refractivity contribution in [2.75, 3.05) is 13.5 Å². The van der Waals surface area contributed by atoms with Crippen molar-refractivity contribution < 1.29 is 49.8 Å². The molecule has 6 aromatic carbocycles. The van der Waals surface area contributed by atoms with Gasteiger partial charge in [0.1, 0.15) is 17.3 Å². The summed E-state index contributed by atoms with van der Waals surface area (Å²) in [6.07, 6.45) is -9.01. The molecule has 0 atom stereocenters. The Kier molecular flexibility index (Phi) is 10.7. The van der Waals surface area contributed by atoms with Crippen molar-refractivity contribution in [3.63, 3.8) is 0 Å². The van der Waals surface area contributed by atoms with Crippen LogP contribution in [0.2, 0.25) is 0 Å². The molecule has 2 amide bonds. The molecule has 13 heteroatoms. The summed E-state index contributed by atoms with van der Waals surface area (Å²) >= 11 is 0. The predicted octanol–water partition coefficient (Wildman–Crippen LogP) is 10.9. The summed E-state index contributed by atoms with van der Waals surface area (Å²) < 4.78 is 102. The van der Waals surface area contributed by atoms with Crippen molar-refractivity contribution in [3.8, 4) is 33.8 Å². The van der Waals surface area contributed by atoms with Gasteiger partial charge in [-0.3, -0.25) is 9.59 Å². The molecule has 2 aliphatic heterocycles. The molecule has 0 spiro atoms. The number of carbonyl (C=O) groups excluding carboxylic acids is 2. The Hall–Kier alpha value is -6.63. The molecule has 2 heterocycles. The first kappa shape index (κ1) is 38.6. The highest BCUT2D eigenvalue weighted by Gasteiger charge is 2.33. The number of ether oxygens (including phenoxy) is 2. The smallest absolute Gasteiger partial charge is 0.416 e. The fourth-order valence-corrected chi connectivity index (χ4v) is 6.37. The maximum Gasteiger partial charge on any atom is 0.416 e. The maximum atomic E-state index is 14.3. The van der Waals surface area contributed by atoms with E-state index in [0.29, 0.717) is 52.9 Å². The van der Waals surface area contributed by atoms with Crippen LogP contribution in [-0.4, -0.2) is 35.1 Å². The van der Waals surface area contributed by atoms with Gasteiger partial charge in [-0.25, -0.2) is 4.39 Å². The van der Waals surface area contributed by atoms with Crippen molar-refractivity contribution in [3.05, 3.63) is 179 Å². The van der Waals surface area contributed by atoms with Crippen molar-refractivity contribution in [1.82, 2.24) is 9.80 Å². The van der Waals surface area contributed by atoms with Crippen LogP contribution in [0.15, 0.2) is 140 Å². The lowest BCUT2D eigenvalue weighted by Crippen LogP contribution is -2.38. The summed E-state index contributed by atoms with van der Waals surface area (Å²) in [4.78, 5) is 28.9. The number of nitrogens with zero attached hydrogens (tertiary/aromatic N) is 2. The van der Waals surface area contributed by atoms with E-state index in [1.165, 1.54) is 35.2 Å². The van der Waals surface area contributed by atoms with E-state index in [1.54, 1.807) is 23.1 Å². The van der Waals surface area contributed by atoms with Crippen molar-refractivity contribution >= 4 is 11.8 Å². The Morgan fingerprint density at radius 3 is 1.39 bits per heavy atom. The standard InChI is InChI=1S/C22H15F4NO2.C22H16F3NO2/c23-19-11-16(22(24,25)26)7-8-17(19)15-6-9-20-18(10-15)21(28)27(13-29-20)12-14-4-2-1-3-5-14;23-22(24,25)18-9-6-16(7-10-18)17-8-11-20-19(12-17)21(27)26(14-28-20)13-15-4-2-1-3-5-15/h1-11H,12-13H2;1-12H,13-14H2. The molecule has 0 aromatic heterocycles. The number of benzene rings is 6. The zero-order valence-electron chi connectivity index (χ0n) is 29.8. The first-order valence-corrected chi connectivity index (χ1v) is 17.5. The number of fused-ring (bicyclic) bond motifs is 2. The largest absolute Gasteiger partial charge is 0.472 e. The summed E-state index contributed by atoms with van der Waals surface area (Å²) in [6.45, 7) is 0.997. The molecule has 2 aliphatic rings. The Balaban J connectivity index is 0.000000174. The minimum atomic E-state index is -4.63. The summed E-state index contributed by atoms with van der Waals surface area (Å²) in [5.74, 6) is -0.631. The van der Waals surface area contributed by atoms with Gasteiger partial charge in [-0.05, 0) is 76.3 Å². The van der Waals surface area contributed by atoms with E-state index in [9.17, 15) is 40.3 Å². The van der Waals surface area contributed by atoms with Crippen LogP contribution < -0.4 is 9.47 Å². The van der Waals surface area contributed by atoms with E-state index in [1.807, 2.05) is 60.7 Å². The third kappa shape index (κ3) is 8.77. The average molecular weight is 785 g/mol. The minimum absolute atomic E-state index is 0.0196. The quantitative estimate of drug-likeness (QED) is 0.158. The molecule has 0 fully saturated rings. The lowest BCUT2D eigenvalue weighted by molar-refractivity contribution is -0.138. The van der Waals surface area contributed by atoms with Gasteiger partial charge in [-0.2, -0.15) is 26.3 Å². The van der Waals surface area contributed by atoms with Crippen molar-refractivity contribution in [2.45, 2.75) is 25.4 Å². The average Bonchev–Trinajstić information content (AvgIpc) is 3.20. The molecule has 57 heavy (non-hydrogen) atoms. The van der Waals surface area contributed by atoms with Crippen molar-refractivity contribution in [2.24, 2.45) is 0 Å². The summed E-state index contributed by atoms with van der Waals surface area (Å²) in [5.41, 5.74) is 2.33. The van der Waals surface area contributed by atoms with Crippen LogP contribution in [-0.2, 0) is 25.4 Å². The molecule has 0 N–H and O–H groups in total. The second-order valence-corrected chi connectivity index (χ2v) is 13.2. The van der Waals surface area contributed by atoms with Gasteiger partial charge in [-0.15, -0.1) is 0 Å². The molecule has 0 saturated carbocycles. The molecule has 6 aromatic rings. The van der Waals surface area contributed by atoms with Gasteiger partial charge < -0.3 is 19.3 Å². The van der Waals surface area contributed by atoms with Crippen LogP contribution in [0.3, 0.4) is 0 Å². The fraction of sp³-hybridized carbons (Fsp3) is 0.136. The first-order valence-electron chi connectivity index (χ1n) is 17.5. The highest BCUT2D eigenvalue weighted by molar-refractivity contribution is 5.99. The monoisotopic (exact) mass is 784 g/mol. The Labute approximate surface area is 322 Å². The van der Waals surface area contributed by atoms with E-state index in [4.69, 9.17) is 9.47 Å². The number of amides is 2. The molecule has 0 saturated heterocycles. The normalized spacial score (nSPS) is 13.8. The van der Waals surface area contributed by atoms with Gasteiger partial charge in [0, 0.05) is 18.7 Å². The van der Waals surface area contributed by atoms with Gasteiger partial charge in [0.05, 0.1) is 22.3 Å². The van der Waals surface area contributed by atoms with Crippen LogP contribution in [0.4, 0.5) is 30.7 Å². The lowest BCUT2D eigenvalue weighted by Gasteiger charge is -2.29. The van der Waals surface area contributed by atoms with E-state index < -0.39 is 29.3 Å². The highest BCUT2D eigenvalue weighted by Crippen LogP contribution is 2.36. The molecule has 0 bridgehead atoms. The number of halogens is 7. The molecule has 0 radical (unpaired) electrons. The molecule has 0 aliphatic carbocycles. The van der Waals surface area contributed by atoms with Gasteiger partial charge >= 0.3 is 12.4 Å². The molecular weight excluding hydrogens is 753 g/mol. The van der Waals surface area contributed by atoms with Gasteiger partial charge in [0.25, 0.3) is 11.8 Å². The number of alkyl halides is 6. The van der Waals surface area contributed by atoms with Crippen LogP contribution >= 0.6 is 0 Å². The van der Waals surface area contributed by atoms with Gasteiger partial charge in [0.2, 0.25) is 0 Å². The Morgan fingerprint density at radius 2 is 0.912 bits per heavy atom. The maximum absolute atomic E-state index is 14.3. The predicted molar refractivity (Wildman–Crippen MR) is 197 cm³/mol. The summed E-state index contributed by atoms with van der Waals surface area (Å²) in [7, 11) is 0. The molecule has 6 nitrogen and oxygen atoms in total. The third-order valence-corrected chi connectivity index (χ3v) is 9.33. The van der Waals surface area contributed by atoms with Gasteiger partial charge in [0.15, 0.2) is 13.5 Å². The van der Waals surface area contributed by atoms with E-state index in [0.717, 1.165) is 35.4 Å². The highest BCUT2D eigenvalue weighted by atomic mass is 19.4. The fourth-order valence-electron chi connectivity index (χ4n) is 6.37. The zero-order valence-corrected chi connectivity index (χ0v) is 29.8. The lowest BCUT2D eigenvalue weighted by atomic mass is 9.99. The van der Waals surface area contributed by atoms with Crippen LogP contribution in [0.1, 0.15) is 43.0 Å². The number of hydrogen-bond donors (Lipinski definition) is 0. The Morgan fingerprint density at radius 1 is 0.474 bits per heavy atom. The molecular formula is C44H31F7N2O4. The SMILES string of the molecule is O=C1c2cc(-c3ccc(C(F)(F)F)cc3)ccc2OCN1Cc1ccccc1.O=C1c2cc(-c3ccc(C(F)(F)F)cc3F)ccc2OCN1Cc1ccccc1. The van der Waals surface area contributed by atoms with Crippen LogP contribution in [0, 0.1) is 5.82 Å². The van der Waals surface area contributed by atoms with Gasteiger partial charge in [-0.1, -0.05) is 91.0 Å². The number of rotatable bonds is 6. The van der Waals surface area contributed by atoms with E-state index >= 15 is 0 Å². The topological polar surface area (TPSA) is 59.1 Å². The third-order valence-electron chi connectivity index (χ3n) is 9.33. The molecule has 0 unspecified atom stereocenters. The Bertz CT molecular complexity index is 2400. The second-order valence-electron chi connectivity index (χ2n) is 13.2. The number of hydrogen-bond acceptors (Lipinski definition) is 4. The second kappa shape index (κ2) is 15.8. The first-order chi connectivity index (χ1) is 27.2. The molecule has 8 rings (SSSR count). The van der Waals surface area contributed by atoms with E-state index in [2.05, 4.69) is 0 Å². The summed E-state index contributed by atoms with van der Waals surface area (Å²) in [5, 5.41) is 0. The minimum Gasteiger partial charge on any atom is -0.472 e. The zero-order chi connectivity index (χ0) is 40.3. The molecule has 290 valence electrons. The van der Waals surface area contributed by atoms with E-state index in [-0.39, 0.29) is 36.4 Å². The summed E-state index contributed by atoms with van der Waals surface area (Å²) in [6, 6.07) is 35.7. The van der Waals surface area contributed by atoms with Crippen LogP contribution in [0.25, 0.3) is 22.3 Å². The number of carbonyl (C=O) groups is 2.